The summed E-state index contributed by atoms with van der Waals surface area (Å²) in [6.07, 6.45) is 9.66. The standard InChI is InChI=1S/C24H24FN3O2.C10H19NO/c1-15(29)28-22-11-19(18-5-3-4-6-21(18)25)20(12-27-22)16-7-9-17(10-8-16)24(26)13-23(2,30)14-24;1-3-10(12)11(2)9-7-5-4-6-8-9/h3-12,30H,13-14,26H2,1-2H3,(H,27,28,29);9H,3-8H2,1-2H3. The Hall–Kier alpha value is -3.62. The van der Waals surface area contributed by atoms with Gasteiger partial charge in [-0.3, -0.25) is 9.59 Å². The molecule has 0 spiro atoms. The SMILES string of the molecule is CC(=O)Nc1cc(-c2ccccc2F)c(-c2ccc(C3(N)CC(C)(O)C3)cc2)cn1.CCC(=O)N(C)C1CCCCC1. The maximum absolute atomic E-state index is 14.6. The minimum Gasteiger partial charge on any atom is -0.390 e. The van der Waals surface area contributed by atoms with Gasteiger partial charge in [0, 0.05) is 49.3 Å². The van der Waals surface area contributed by atoms with Gasteiger partial charge in [0.15, 0.2) is 0 Å². The fraction of sp³-hybridized carbons (Fsp3) is 0.441. The number of nitrogens with one attached hydrogen (secondary N) is 1. The smallest absolute Gasteiger partial charge is 0.222 e. The number of pyridine rings is 1. The summed E-state index contributed by atoms with van der Waals surface area (Å²) in [7, 11) is 1.95. The normalized spacial score (nSPS) is 21.9. The van der Waals surface area contributed by atoms with Crippen molar-refractivity contribution in [3.05, 3.63) is 72.2 Å². The highest BCUT2D eigenvalue weighted by molar-refractivity contribution is 5.91. The molecule has 0 radical (unpaired) electrons. The van der Waals surface area contributed by atoms with Gasteiger partial charge in [0.1, 0.15) is 11.6 Å². The molecule has 1 aromatic heterocycles. The first-order chi connectivity index (χ1) is 19.9. The molecule has 7 nitrogen and oxygen atoms in total. The van der Waals surface area contributed by atoms with E-state index < -0.39 is 11.1 Å². The molecule has 1 heterocycles. The summed E-state index contributed by atoms with van der Waals surface area (Å²) in [6.45, 7) is 5.12. The van der Waals surface area contributed by atoms with E-state index in [2.05, 4.69) is 10.3 Å². The molecule has 0 aliphatic heterocycles. The van der Waals surface area contributed by atoms with Crippen molar-refractivity contribution < 1.29 is 19.1 Å². The van der Waals surface area contributed by atoms with Crippen LogP contribution in [0.25, 0.3) is 22.3 Å². The van der Waals surface area contributed by atoms with Crippen LogP contribution in [0.3, 0.4) is 0 Å². The lowest BCUT2D eigenvalue weighted by atomic mass is 9.63. The number of rotatable bonds is 6. The number of carbonyl (C=O) groups is 2. The molecule has 2 saturated carbocycles. The molecule has 3 aromatic rings. The van der Waals surface area contributed by atoms with Gasteiger partial charge in [-0.25, -0.2) is 9.37 Å². The first kappa shape index (κ1) is 31.3. The lowest BCUT2D eigenvalue weighted by molar-refractivity contribution is -0.132. The van der Waals surface area contributed by atoms with Crippen LogP contribution in [0.5, 0.6) is 0 Å². The second kappa shape index (κ2) is 13.1. The van der Waals surface area contributed by atoms with Crippen LogP contribution in [0, 0.1) is 5.82 Å². The summed E-state index contributed by atoms with van der Waals surface area (Å²) in [4.78, 5) is 29.0. The predicted octanol–water partition coefficient (Wildman–Crippen LogP) is 6.40. The van der Waals surface area contributed by atoms with Gasteiger partial charge in [-0.05, 0) is 61.4 Å². The van der Waals surface area contributed by atoms with Crippen molar-refractivity contribution in [3.8, 4) is 22.3 Å². The molecule has 8 heteroatoms. The fourth-order valence-corrected chi connectivity index (χ4v) is 6.25. The Morgan fingerprint density at radius 1 is 1.05 bits per heavy atom. The zero-order valence-electron chi connectivity index (χ0n) is 25.1. The number of hydrogen-bond acceptors (Lipinski definition) is 5. The minimum atomic E-state index is -0.727. The van der Waals surface area contributed by atoms with Crippen LogP contribution >= 0.6 is 0 Å². The molecule has 0 bridgehead atoms. The van der Waals surface area contributed by atoms with Crippen molar-refractivity contribution in [2.75, 3.05) is 12.4 Å². The van der Waals surface area contributed by atoms with Gasteiger partial charge < -0.3 is 21.1 Å². The Morgan fingerprint density at radius 2 is 1.69 bits per heavy atom. The van der Waals surface area contributed by atoms with Crippen LogP contribution in [-0.4, -0.2) is 45.5 Å². The average Bonchev–Trinajstić information content (AvgIpc) is 2.96. The molecule has 2 amide bonds. The number of nitrogens with two attached hydrogens (primary N) is 1. The van der Waals surface area contributed by atoms with E-state index in [1.54, 1.807) is 37.4 Å². The number of aliphatic hydroxyl groups is 1. The second-order valence-corrected chi connectivity index (χ2v) is 12.0. The van der Waals surface area contributed by atoms with Crippen LogP contribution in [0.4, 0.5) is 10.2 Å². The number of aromatic nitrogens is 1. The van der Waals surface area contributed by atoms with E-state index in [9.17, 15) is 19.1 Å². The summed E-state index contributed by atoms with van der Waals surface area (Å²) < 4.78 is 14.6. The van der Waals surface area contributed by atoms with E-state index in [4.69, 9.17) is 5.73 Å². The molecule has 2 aliphatic rings. The van der Waals surface area contributed by atoms with E-state index in [1.165, 1.54) is 45.1 Å². The number of benzene rings is 2. The van der Waals surface area contributed by atoms with Crippen LogP contribution in [0.1, 0.15) is 77.7 Å². The van der Waals surface area contributed by atoms with Gasteiger partial charge in [0.05, 0.1) is 5.60 Å². The molecule has 2 aromatic carbocycles. The van der Waals surface area contributed by atoms with Crippen LogP contribution in [0.2, 0.25) is 0 Å². The largest absolute Gasteiger partial charge is 0.390 e. The van der Waals surface area contributed by atoms with Gasteiger partial charge in [-0.15, -0.1) is 0 Å². The van der Waals surface area contributed by atoms with Crippen molar-refractivity contribution in [1.29, 1.82) is 0 Å². The maximum Gasteiger partial charge on any atom is 0.222 e. The van der Waals surface area contributed by atoms with Crippen LogP contribution in [-0.2, 0) is 15.1 Å². The van der Waals surface area contributed by atoms with E-state index >= 15 is 0 Å². The Bertz CT molecular complexity index is 1390. The third kappa shape index (κ3) is 7.41. The van der Waals surface area contributed by atoms with Gasteiger partial charge in [0.25, 0.3) is 0 Å². The number of anilines is 1. The van der Waals surface area contributed by atoms with E-state index in [0.717, 1.165) is 16.7 Å². The van der Waals surface area contributed by atoms with Crippen LogP contribution in [0.15, 0.2) is 60.8 Å². The highest BCUT2D eigenvalue weighted by Crippen LogP contribution is 2.46. The van der Waals surface area contributed by atoms with Gasteiger partial charge in [-0.1, -0.05) is 68.7 Å². The Morgan fingerprint density at radius 3 is 2.26 bits per heavy atom. The first-order valence-electron chi connectivity index (χ1n) is 14.8. The molecule has 0 saturated heterocycles. The summed E-state index contributed by atoms with van der Waals surface area (Å²) >= 11 is 0. The zero-order chi connectivity index (χ0) is 30.5. The van der Waals surface area contributed by atoms with Gasteiger partial charge in [-0.2, -0.15) is 0 Å². The Labute approximate surface area is 248 Å². The minimum absolute atomic E-state index is 0.247. The van der Waals surface area contributed by atoms with Crippen LogP contribution < -0.4 is 11.1 Å². The second-order valence-electron chi connectivity index (χ2n) is 12.0. The molecule has 2 fully saturated rings. The monoisotopic (exact) mass is 574 g/mol. The maximum atomic E-state index is 14.6. The average molecular weight is 575 g/mol. The van der Waals surface area contributed by atoms with Crippen molar-refractivity contribution in [1.82, 2.24) is 9.88 Å². The molecule has 2 aliphatic carbocycles. The quantitative estimate of drug-likeness (QED) is 0.316. The lowest BCUT2D eigenvalue weighted by Crippen LogP contribution is -2.58. The van der Waals surface area contributed by atoms with Crippen molar-refractivity contribution in [2.45, 2.75) is 89.3 Å². The molecule has 4 N–H and O–H groups in total. The molecule has 224 valence electrons. The third-order valence-electron chi connectivity index (χ3n) is 8.35. The predicted molar refractivity (Wildman–Crippen MR) is 165 cm³/mol. The number of hydrogen-bond donors (Lipinski definition) is 3. The summed E-state index contributed by atoms with van der Waals surface area (Å²) in [5.74, 6) is 0.0531. The Kier molecular flexibility index (Phi) is 9.79. The molecule has 0 atom stereocenters. The van der Waals surface area contributed by atoms with Crippen molar-refractivity contribution >= 4 is 17.6 Å². The molecular formula is C34H43FN4O3. The molecule has 0 unspecified atom stereocenters. The van der Waals surface area contributed by atoms with E-state index in [-0.39, 0.29) is 11.7 Å². The summed E-state index contributed by atoms with van der Waals surface area (Å²) in [5.41, 5.74) is 8.78. The first-order valence-corrected chi connectivity index (χ1v) is 14.8. The highest BCUT2D eigenvalue weighted by atomic mass is 19.1. The number of nitrogens with zero attached hydrogens (tertiary/aromatic N) is 2. The number of carbonyl (C=O) groups excluding carboxylic acids is 2. The summed E-state index contributed by atoms with van der Waals surface area (Å²) in [6, 6.07) is 16.5. The van der Waals surface area contributed by atoms with Crippen molar-refractivity contribution in [2.24, 2.45) is 5.73 Å². The molecule has 5 rings (SSSR count). The summed E-state index contributed by atoms with van der Waals surface area (Å²) in [5, 5.41) is 12.7. The van der Waals surface area contributed by atoms with E-state index in [1.807, 2.05) is 43.1 Å². The topological polar surface area (TPSA) is 109 Å². The van der Waals surface area contributed by atoms with Crippen molar-refractivity contribution in [3.63, 3.8) is 0 Å². The zero-order valence-corrected chi connectivity index (χ0v) is 25.1. The number of halogens is 1. The van der Waals surface area contributed by atoms with Gasteiger partial charge >= 0.3 is 0 Å². The Balaban J connectivity index is 0.000000283. The molecule has 42 heavy (non-hydrogen) atoms. The number of amides is 2. The highest BCUT2D eigenvalue weighted by Gasteiger charge is 2.49. The van der Waals surface area contributed by atoms with E-state index in [0.29, 0.717) is 48.2 Å². The fourth-order valence-electron chi connectivity index (χ4n) is 6.25. The third-order valence-corrected chi connectivity index (χ3v) is 8.35. The lowest BCUT2D eigenvalue weighted by Gasteiger charge is -2.49. The van der Waals surface area contributed by atoms with Gasteiger partial charge in [0.2, 0.25) is 11.8 Å². The molecular weight excluding hydrogens is 531 g/mol.